The largest absolute Gasteiger partial charge is 0.313 e. The van der Waals surface area contributed by atoms with Gasteiger partial charge in [-0.15, -0.1) is 0 Å². The van der Waals surface area contributed by atoms with Gasteiger partial charge in [-0.25, -0.2) is 4.39 Å². The van der Waals surface area contributed by atoms with Crippen molar-refractivity contribution in [2.45, 2.75) is 38.1 Å². The van der Waals surface area contributed by atoms with Crippen LogP contribution in [0.4, 0.5) is 4.39 Å². The van der Waals surface area contributed by atoms with Crippen molar-refractivity contribution in [2.75, 3.05) is 6.54 Å². The lowest BCUT2D eigenvalue weighted by atomic mass is 9.96. The number of nitrogens with one attached hydrogen (secondary N) is 1. The standard InChI is InChI=1S/C14H18FN/c15-13-4-2-1-3-11(13)9-14(7-8-14)10-16-12-5-6-12/h1-4,12,16H,5-10H2. The Morgan fingerprint density at radius 3 is 2.62 bits per heavy atom. The molecule has 2 heteroatoms. The fraction of sp³-hybridized carbons (Fsp3) is 0.571. The van der Waals surface area contributed by atoms with Crippen LogP contribution in [0.3, 0.4) is 0 Å². The van der Waals surface area contributed by atoms with Crippen molar-refractivity contribution in [3.05, 3.63) is 35.6 Å². The Hall–Kier alpha value is -0.890. The Bertz CT molecular complexity index is 380. The van der Waals surface area contributed by atoms with Gasteiger partial charge in [-0.2, -0.15) is 0 Å². The summed E-state index contributed by atoms with van der Waals surface area (Å²) in [6.07, 6.45) is 6.06. The van der Waals surface area contributed by atoms with Crippen molar-refractivity contribution in [3.8, 4) is 0 Å². The molecule has 0 bridgehead atoms. The molecule has 0 unspecified atom stereocenters. The minimum Gasteiger partial charge on any atom is -0.313 e. The predicted molar refractivity (Wildman–Crippen MR) is 62.8 cm³/mol. The second-order valence-electron chi connectivity index (χ2n) is 5.42. The molecule has 1 N–H and O–H groups in total. The summed E-state index contributed by atoms with van der Waals surface area (Å²) in [6, 6.07) is 7.95. The Labute approximate surface area is 96.1 Å². The third-order valence-electron chi connectivity index (χ3n) is 3.82. The van der Waals surface area contributed by atoms with Crippen LogP contribution in [0.5, 0.6) is 0 Å². The first-order chi connectivity index (χ1) is 7.77. The van der Waals surface area contributed by atoms with Gasteiger partial charge >= 0.3 is 0 Å². The fourth-order valence-corrected chi connectivity index (χ4v) is 2.29. The smallest absolute Gasteiger partial charge is 0.126 e. The number of benzene rings is 1. The summed E-state index contributed by atoms with van der Waals surface area (Å²) in [6.45, 7) is 1.08. The lowest BCUT2D eigenvalue weighted by Crippen LogP contribution is -2.27. The molecule has 2 aliphatic rings. The van der Waals surface area contributed by atoms with E-state index in [1.165, 1.54) is 25.7 Å². The molecule has 2 saturated carbocycles. The van der Waals surface area contributed by atoms with Crippen molar-refractivity contribution in [1.29, 1.82) is 0 Å². The molecule has 2 fully saturated rings. The van der Waals surface area contributed by atoms with Crippen LogP contribution in [0.2, 0.25) is 0 Å². The maximum Gasteiger partial charge on any atom is 0.126 e. The number of halogens is 1. The highest BCUT2D eigenvalue weighted by atomic mass is 19.1. The zero-order valence-electron chi connectivity index (χ0n) is 9.51. The summed E-state index contributed by atoms with van der Waals surface area (Å²) >= 11 is 0. The number of hydrogen-bond donors (Lipinski definition) is 1. The first kappa shape index (κ1) is 10.3. The molecular formula is C14H18FN. The summed E-state index contributed by atoms with van der Waals surface area (Å²) < 4.78 is 13.5. The van der Waals surface area contributed by atoms with Crippen molar-refractivity contribution in [1.82, 2.24) is 5.32 Å². The van der Waals surface area contributed by atoms with E-state index in [9.17, 15) is 4.39 Å². The molecule has 0 radical (unpaired) electrons. The molecule has 0 saturated heterocycles. The summed E-state index contributed by atoms with van der Waals surface area (Å²) in [7, 11) is 0. The van der Waals surface area contributed by atoms with Gasteiger partial charge in [0, 0.05) is 12.6 Å². The second kappa shape index (κ2) is 3.85. The summed E-state index contributed by atoms with van der Waals surface area (Å²) in [4.78, 5) is 0. The first-order valence-corrected chi connectivity index (χ1v) is 6.24. The van der Waals surface area contributed by atoms with E-state index in [1.54, 1.807) is 12.1 Å². The molecule has 16 heavy (non-hydrogen) atoms. The van der Waals surface area contributed by atoms with Crippen molar-refractivity contribution in [3.63, 3.8) is 0 Å². The Kier molecular flexibility index (Phi) is 2.47. The van der Waals surface area contributed by atoms with Gasteiger partial charge in [0.2, 0.25) is 0 Å². The molecule has 0 spiro atoms. The van der Waals surface area contributed by atoms with E-state index in [2.05, 4.69) is 5.32 Å². The van der Waals surface area contributed by atoms with Crippen molar-refractivity contribution in [2.24, 2.45) is 5.41 Å². The van der Waals surface area contributed by atoms with E-state index in [-0.39, 0.29) is 5.82 Å². The Balaban J connectivity index is 1.62. The van der Waals surface area contributed by atoms with Crippen LogP contribution < -0.4 is 5.32 Å². The topological polar surface area (TPSA) is 12.0 Å². The third kappa shape index (κ3) is 2.27. The van der Waals surface area contributed by atoms with E-state index in [0.717, 1.165) is 24.6 Å². The SMILES string of the molecule is Fc1ccccc1CC1(CNC2CC2)CC1. The summed E-state index contributed by atoms with van der Waals surface area (Å²) in [5, 5.41) is 3.58. The summed E-state index contributed by atoms with van der Waals surface area (Å²) in [5.41, 5.74) is 1.25. The van der Waals surface area contributed by atoms with Crippen LogP contribution in [0.1, 0.15) is 31.2 Å². The maximum absolute atomic E-state index is 13.5. The van der Waals surface area contributed by atoms with E-state index in [0.29, 0.717) is 5.41 Å². The molecule has 86 valence electrons. The second-order valence-corrected chi connectivity index (χ2v) is 5.42. The molecule has 0 aliphatic heterocycles. The molecule has 3 rings (SSSR count). The molecule has 0 aromatic heterocycles. The average molecular weight is 219 g/mol. The summed E-state index contributed by atoms with van der Waals surface area (Å²) in [5.74, 6) is -0.0415. The lowest BCUT2D eigenvalue weighted by molar-refractivity contribution is 0.444. The van der Waals surface area contributed by atoms with Crippen LogP contribution in [0.25, 0.3) is 0 Å². The fourth-order valence-electron chi connectivity index (χ4n) is 2.29. The van der Waals surface area contributed by atoms with E-state index < -0.39 is 0 Å². The average Bonchev–Trinajstić information content (AvgIpc) is 3.13. The molecule has 1 nitrogen and oxygen atoms in total. The molecule has 2 aliphatic carbocycles. The van der Waals surface area contributed by atoms with Gasteiger partial charge in [0.1, 0.15) is 5.82 Å². The van der Waals surface area contributed by atoms with Gasteiger partial charge in [0.25, 0.3) is 0 Å². The minimum atomic E-state index is -0.0415. The highest BCUT2D eigenvalue weighted by Crippen LogP contribution is 2.48. The van der Waals surface area contributed by atoms with E-state index in [1.807, 2.05) is 12.1 Å². The van der Waals surface area contributed by atoms with Gasteiger partial charge in [-0.3, -0.25) is 0 Å². The monoisotopic (exact) mass is 219 g/mol. The zero-order valence-corrected chi connectivity index (χ0v) is 9.51. The van der Waals surface area contributed by atoms with Gasteiger partial charge in [0.05, 0.1) is 0 Å². The van der Waals surface area contributed by atoms with Gasteiger partial charge < -0.3 is 5.32 Å². The van der Waals surface area contributed by atoms with Crippen LogP contribution in [-0.2, 0) is 6.42 Å². The molecule has 0 atom stereocenters. The quantitative estimate of drug-likeness (QED) is 0.803. The maximum atomic E-state index is 13.5. The van der Waals surface area contributed by atoms with E-state index >= 15 is 0 Å². The molecule has 1 aromatic carbocycles. The molecular weight excluding hydrogens is 201 g/mol. The van der Waals surface area contributed by atoms with Gasteiger partial charge in [-0.1, -0.05) is 18.2 Å². The molecule has 1 aromatic rings. The highest BCUT2D eigenvalue weighted by Gasteiger charge is 2.43. The molecule has 0 amide bonds. The van der Waals surface area contributed by atoms with Gasteiger partial charge in [-0.05, 0) is 49.1 Å². The predicted octanol–water partition coefficient (Wildman–Crippen LogP) is 2.90. The van der Waals surface area contributed by atoms with Gasteiger partial charge in [0.15, 0.2) is 0 Å². The Morgan fingerprint density at radius 2 is 2.00 bits per heavy atom. The van der Waals surface area contributed by atoms with Crippen molar-refractivity contribution < 1.29 is 4.39 Å². The van der Waals surface area contributed by atoms with Crippen LogP contribution in [0, 0.1) is 11.2 Å². The van der Waals surface area contributed by atoms with Crippen LogP contribution in [-0.4, -0.2) is 12.6 Å². The number of hydrogen-bond acceptors (Lipinski definition) is 1. The molecule has 0 heterocycles. The highest BCUT2D eigenvalue weighted by molar-refractivity contribution is 5.21. The third-order valence-corrected chi connectivity index (χ3v) is 3.82. The normalized spacial score (nSPS) is 22.1. The van der Waals surface area contributed by atoms with E-state index in [4.69, 9.17) is 0 Å². The van der Waals surface area contributed by atoms with Crippen molar-refractivity contribution >= 4 is 0 Å². The Morgan fingerprint density at radius 1 is 1.25 bits per heavy atom. The number of rotatable bonds is 5. The zero-order chi connectivity index (χ0) is 11.0. The minimum absolute atomic E-state index is 0.0415. The van der Waals surface area contributed by atoms with Crippen LogP contribution >= 0.6 is 0 Å². The van der Waals surface area contributed by atoms with Crippen LogP contribution in [0.15, 0.2) is 24.3 Å². The lowest BCUT2D eigenvalue weighted by Gasteiger charge is -2.16. The first-order valence-electron chi connectivity index (χ1n) is 6.24.